The number of rotatable bonds is 4. The van der Waals surface area contributed by atoms with Crippen molar-refractivity contribution in [1.29, 1.82) is 0 Å². The first-order chi connectivity index (χ1) is 8.35. The van der Waals surface area contributed by atoms with E-state index in [9.17, 15) is 0 Å². The van der Waals surface area contributed by atoms with Crippen LogP contribution >= 0.6 is 0 Å². The number of hydrogen-bond acceptors (Lipinski definition) is 3. The zero-order valence-electron chi connectivity index (χ0n) is 9.94. The van der Waals surface area contributed by atoms with Crippen molar-refractivity contribution in [3.05, 3.63) is 48.5 Å². The van der Waals surface area contributed by atoms with Gasteiger partial charge < -0.3 is 14.8 Å². The predicted molar refractivity (Wildman–Crippen MR) is 69.3 cm³/mol. The second-order valence-corrected chi connectivity index (χ2v) is 3.53. The number of ether oxygens (including phenoxy) is 2. The number of nitrogens with one attached hydrogen (secondary N) is 1. The molecule has 0 atom stereocenters. The molecule has 0 fully saturated rings. The van der Waals surface area contributed by atoms with Gasteiger partial charge in [0.1, 0.15) is 17.2 Å². The van der Waals surface area contributed by atoms with Crippen LogP contribution in [0.2, 0.25) is 0 Å². The molecule has 0 aliphatic heterocycles. The number of hydrogen-bond donors (Lipinski definition) is 1. The normalized spacial score (nSPS) is 9.76. The highest BCUT2D eigenvalue weighted by atomic mass is 16.5. The van der Waals surface area contributed by atoms with Crippen LogP contribution in [-0.2, 0) is 0 Å². The Morgan fingerprint density at radius 2 is 1.35 bits per heavy atom. The molecule has 17 heavy (non-hydrogen) atoms. The van der Waals surface area contributed by atoms with Gasteiger partial charge in [-0.1, -0.05) is 24.3 Å². The summed E-state index contributed by atoms with van der Waals surface area (Å²) in [4.78, 5) is 0. The molecular formula is C14H15NO2. The summed E-state index contributed by atoms with van der Waals surface area (Å²) in [6, 6.07) is 15.6. The molecule has 2 aromatic rings. The van der Waals surface area contributed by atoms with Crippen molar-refractivity contribution in [2.45, 2.75) is 0 Å². The van der Waals surface area contributed by atoms with Crippen molar-refractivity contribution in [1.82, 2.24) is 0 Å². The van der Waals surface area contributed by atoms with Gasteiger partial charge in [0.15, 0.2) is 0 Å². The summed E-state index contributed by atoms with van der Waals surface area (Å²) in [6.45, 7) is 0. The molecule has 88 valence electrons. The zero-order chi connectivity index (χ0) is 12.1. The third kappa shape index (κ3) is 2.50. The van der Waals surface area contributed by atoms with Crippen LogP contribution in [0, 0.1) is 0 Å². The first-order valence-corrected chi connectivity index (χ1v) is 5.38. The molecule has 0 saturated heterocycles. The second-order valence-electron chi connectivity index (χ2n) is 3.53. The highest BCUT2D eigenvalue weighted by molar-refractivity contribution is 5.72. The molecule has 0 unspecified atom stereocenters. The molecule has 2 aromatic carbocycles. The third-order valence-electron chi connectivity index (χ3n) is 2.47. The lowest BCUT2D eigenvalue weighted by Crippen LogP contribution is -1.97. The van der Waals surface area contributed by atoms with Gasteiger partial charge in [0.2, 0.25) is 0 Å². The molecule has 0 aliphatic rings. The molecule has 0 saturated carbocycles. The summed E-state index contributed by atoms with van der Waals surface area (Å²) < 4.78 is 10.6. The predicted octanol–water partition coefficient (Wildman–Crippen LogP) is 3.45. The Balaban J connectivity index is 2.37. The molecule has 0 aromatic heterocycles. The summed E-state index contributed by atoms with van der Waals surface area (Å²) in [5, 5.41) is 3.29. The number of anilines is 2. The van der Waals surface area contributed by atoms with Gasteiger partial charge in [0, 0.05) is 5.69 Å². The van der Waals surface area contributed by atoms with Crippen LogP contribution < -0.4 is 14.8 Å². The largest absolute Gasteiger partial charge is 0.494 e. The molecule has 0 spiro atoms. The van der Waals surface area contributed by atoms with Gasteiger partial charge in [0.25, 0.3) is 0 Å². The summed E-state index contributed by atoms with van der Waals surface area (Å²) in [7, 11) is 3.29. The van der Waals surface area contributed by atoms with Crippen LogP contribution in [0.3, 0.4) is 0 Å². The lowest BCUT2D eigenvalue weighted by Gasteiger charge is -2.14. The smallest absolute Gasteiger partial charge is 0.146 e. The fraction of sp³-hybridized carbons (Fsp3) is 0.143. The minimum atomic E-state index is 0.758. The molecule has 0 aliphatic carbocycles. The fourth-order valence-corrected chi connectivity index (χ4v) is 1.64. The summed E-state index contributed by atoms with van der Waals surface area (Å²) in [5.41, 5.74) is 1.83. The highest BCUT2D eigenvalue weighted by Gasteiger charge is 2.09. The zero-order valence-corrected chi connectivity index (χ0v) is 9.94. The highest BCUT2D eigenvalue weighted by Crippen LogP contribution is 2.36. The molecule has 0 radical (unpaired) electrons. The molecule has 0 amide bonds. The topological polar surface area (TPSA) is 30.5 Å². The second kappa shape index (κ2) is 5.25. The molecule has 1 N–H and O–H groups in total. The van der Waals surface area contributed by atoms with E-state index in [0.717, 1.165) is 22.9 Å². The average Bonchev–Trinajstić information content (AvgIpc) is 2.40. The first kappa shape index (κ1) is 11.3. The maximum absolute atomic E-state index is 5.32. The summed E-state index contributed by atoms with van der Waals surface area (Å²) in [5.74, 6) is 1.52. The van der Waals surface area contributed by atoms with E-state index in [4.69, 9.17) is 9.47 Å². The Morgan fingerprint density at radius 1 is 0.765 bits per heavy atom. The summed E-state index contributed by atoms with van der Waals surface area (Å²) in [6.07, 6.45) is 0. The lowest BCUT2D eigenvalue weighted by atomic mass is 10.2. The van der Waals surface area contributed by atoms with E-state index in [-0.39, 0.29) is 0 Å². The first-order valence-electron chi connectivity index (χ1n) is 5.38. The van der Waals surface area contributed by atoms with Gasteiger partial charge in [0.05, 0.1) is 14.2 Å². The van der Waals surface area contributed by atoms with Gasteiger partial charge in [-0.2, -0.15) is 0 Å². The third-order valence-corrected chi connectivity index (χ3v) is 2.47. The summed E-state index contributed by atoms with van der Waals surface area (Å²) >= 11 is 0. The van der Waals surface area contributed by atoms with Crippen LogP contribution in [0.4, 0.5) is 11.4 Å². The van der Waals surface area contributed by atoms with Crippen molar-refractivity contribution in [2.75, 3.05) is 19.5 Å². The van der Waals surface area contributed by atoms with Crippen LogP contribution in [0.15, 0.2) is 48.5 Å². The number of para-hydroxylation sites is 2. The Morgan fingerprint density at radius 3 is 1.88 bits per heavy atom. The number of methoxy groups -OCH3 is 2. The van der Waals surface area contributed by atoms with Crippen LogP contribution in [-0.4, -0.2) is 14.2 Å². The molecule has 0 heterocycles. The van der Waals surface area contributed by atoms with E-state index in [1.165, 1.54) is 0 Å². The van der Waals surface area contributed by atoms with E-state index in [0.29, 0.717) is 0 Å². The quantitative estimate of drug-likeness (QED) is 0.871. The van der Waals surface area contributed by atoms with Crippen molar-refractivity contribution in [2.24, 2.45) is 0 Å². The van der Waals surface area contributed by atoms with Crippen LogP contribution in [0.5, 0.6) is 11.5 Å². The van der Waals surface area contributed by atoms with Gasteiger partial charge in [-0.05, 0) is 24.3 Å². The molecule has 3 nitrogen and oxygen atoms in total. The van der Waals surface area contributed by atoms with Crippen LogP contribution in [0.25, 0.3) is 0 Å². The fourth-order valence-electron chi connectivity index (χ4n) is 1.64. The van der Waals surface area contributed by atoms with Crippen molar-refractivity contribution >= 4 is 11.4 Å². The molecule has 0 bridgehead atoms. The van der Waals surface area contributed by atoms with Crippen molar-refractivity contribution in [3.8, 4) is 11.5 Å². The van der Waals surface area contributed by atoms with E-state index in [2.05, 4.69) is 5.32 Å². The van der Waals surface area contributed by atoms with E-state index < -0.39 is 0 Å². The van der Waals surface area contributed by atoms with Gasteiger partial charge >= 0.3 is 0 Å². The number of benzene rings is 2. The molecular weight excluding hydrogens is 214 g/mol. The molecule has 2 rings (SSSR count). The Hall–Kier alpha value is -2.16. The van der Waals surface area contributed by atoms with Gasteiger partial charge in [-0.3, -0.25) is 0 Å². The van der Waals surface area contributed by atoms with Crippen molar-refractivity contribution < 1.29 is 9.47 Å². The van der Waals surface area contributed by atoms with E-state index in [1.807, 2.05) is 48.5 Å². The molecule has 3 heteroatoms. The lowest BCUT2D eigenvalue weighted by molar-refractivity contribution is 0.398. The minimum Gasteiger partial charge on any atom is -0.494 e. The van der Waals surface area contributed by atoms with Gasteiger partial charge in [-0.15, -0.1) is 0 Å². The van der Waals surface area contributed by atoms with E-state index in [1.54, 1.807) is 14.2 Å². The standard InChI is InChI=1S/C14H15NO2/c1-16-12-9-6-10-13(17-2)14(12)15-11-7-4-3-5-8-11/h3-10,15H,1-2H3. The Labute approximate surface area is 101 Å². The van der Waals surface area contributed by atoms with Crippen LogP contribution in [0.1, 0.15) is 0 Å². The minimum absolute atomic E-state index is 0.758. The maximum atomic E-state index is 5.32. The van der Waals surface area contributed by atoms with Gasteiger partial charge in [-0.25, -0.2) is 0 Å². The average molecular weight is 229 g/mol. The Bertz CT molecular complexity index is 461. The SMILES string of the molecule is COc1cccc(OC)c1Nc1ccccc1. The van der Waals surface area contributed by atoms with E-state index >= 15 is 0 Å². The maximum Gasteiger partial charge on any atom is 0.146 e. The monoisotopic (exact) mass is 229 g/mol. The van der Waals surface area contributed by atoms with Crippen molar-refractivity contribution in [3.63, 3.8) is 0 Å². The Kier molecular flexibility index (Phi) is 3.50.